The van der Waals surface area contributed by atoms with Gasteiger partial charge in [-0.2, -0.15) is 0 Å². The van der Waals surface area contributed by atoms with Gasteiger partial charge < -0.3 is 15.5 Å². The summed E-state index contributed by atoms with van der Waals surface area (Å²) in [6, 6.07) is 5.42. The van der Waals surface area contributed by atoms with Crippen LogP contribution < -0.4 is 10.6 Å². The first-order valence-electron chi connectivity index (χ1n) is 10.7. The van der Waals surface area contributed by atoms with E-state index in [2.05, 4.69) is 41.3 Å². The molecule has 1 aromatic rings. The molecule has 6 nitrogen and oxygen atoms in total. The molecular weight excluding hydrogens is 384 g/mol. The van der Waals surface area contributed by atoms with Crippen molar-refractivity contribution in [2.45, 2.75) is 52.0 Å². The number of aryl methyl sites for hydroxylation is 1. The first kappa shape index (κ1) is 23.7. The Balaban J connectivity index is 1.85. The van der Waals surface area contributed by atoms with Crippen molar-refractivity contribution in [1.82, 2.24) is 15.5 Å². The zero-order chi connectivity index (χ0) is 21.4. The molecule has 0 saturated carbocycles. The summed E-state index contributed by atoms with van der Waals surface area (Å²) in [6.07, 6.45) is 3.67. The van der Waals surface area contributed by atoms with Crippen molar-refractivity contribution >= 4 is 15.8 Å². The van der Waals surface area contributed by atoms with Crippen molar-refractivity contribution in [1.29, 1.82) is 0 Å². The summed E-state index contributed by atoms with van der Waals surface area (Å²) in [7, 11) is -3.19. The van der Waals surface area contributed by atoms with Crippen molar-refractivity contribution in [3.8, 4) is 0 Å². The molecular formula is C22H38N4O2S. The van der Waals surface area contributed by atoms with Crippen LogP contribution >= 0.6 is 0 Å². The van der Waals surface area contributed by atoms with Crippen LogP contribution in [0.3, 0.4) is 0 Å². The Hall–Kier alpha value is -1.60. The molecule has 2 unspecified atom stereocenters. The molecule has 1 aromatic carbocycles. The van der Waals surface area contributed by atoms with E-state index in [4.69, 9.17) is 0 Å². The van der Waals surface area contributed by atoms with Crippen LogP contribution in [0.1, 0.15) is 44.7 Å². The van der Waals surface area contributed by atoms with Crippen LogP contribution in [0.25, 0.3) is 0 Å². The number of piperidine rings is 1. The lowest BCUT2D eigenvalue weighted by molar-refractivity contribution is 0.140. The van der Waals surface area contributed by atoms with E-state index in [1.807, 2.05) is 19.1 Å². The third-order valence-corrected chi connectivity index (χ3v) is 6.55. The van der Waals surface area contributed by atoms with Gasteiger partial charge in [0.05, 0.1) is 11.4 Å². The second-order valence-electron chi connectivity index (χ2n) is 8.55. The summed E-state index contributed by atoms with van der Waals surface area (Å²) in [5, 5.41) is 6.70. The van der Waals surface area contributed by atoms with E-state index >= 15 is 0 Å². The van der Waals surface area contributed by atoms with Gasteiger partial charge in [-0.15, -0.1) is 0 Å². The Morgan fingerprint density at radius 2 is 1.90 bits per heavy atom. The minimum Gasteiger partial charge on any atom is -0.357 e. The first-order valence-corrected chi connectivity index (χ1v) is 12.6. The molecule has 0 amide bonds. The van der Waals surface area contributed by atoms with Crippen molar-refractivity contribution < 1.29 is 8.42 Å². The molecule has 1 saturated heterocycles. The molecule has 1 heterocycles. The van der Waals surface area contributed by atoms with Gasteiger partial charge in [0.1, 0.15) is 0 Å². The highest BCUT2D eigenvalue weighted by atomic mass is 32.2. The summed E-state index contributed by atoms with van der Waals surface area (Å²) >= 11 is 0. The predicted octanol–water partition coefficient (Wildman–Crippen LogP) is 2.82. The highest BCUT2D eigenvalue weighted by Gasteiger charge is 2.21. The Kier molecular flexibility index (Phi) is 8.96. The topological polar surface area (TPSA) is 73.8 Å². The molecule has 0 bridgehead atoms. The molecule has 1 fully saturated rings. The van der Waals surface area contributed by atoms with E-state index in [0.29, 0.717) is 11.4 Å². The summed E-state index contributed by atoms with van der Waals surface area (Å²) in [5.41, 5.74) is 1.77. The van der Waals surface area contributed by atoms with Crippen LogP contribution in [-0.4, -0.2) is 58.3 Å². The fourth-order valence-electron chi connectivity index (χ4n) is 4.22. The smallest absolute Gasteiger partial charge is 0.191 e. The van der Waals surface area contributed by atoms with Crippen LogP contribution in [0.2, 0.25) is 0 Å². The lowest BCUT2D eigenvalue weighted by Crippen LogP contribution is -2.41. The van der Waals surface area contributed by atoms with Gasteiger partial charge in [0, 0.05) is 32.4 Å². The SMILES string of the molecule is CCNC(=NCc1ccc(S(C)(=O)=O)c(C)c1)NCCCN1CC(C)CC(C)C1. The number of aliphatic imine (C=N–C) groups is 1. The summed E-state index contributed by atoms with van der Waals surface area (Å²) in [5.74, 6) is 2.39. The van der Waals surface area contributed by atoms with E-state index in [1.54, 1.807) is 6.07 Å². The van der Waals surface area contributed by atoms with Crippen molar-refractivity contribution in [3.63, 3.8) is 0 Å². The van der Waals surface area contributed by atoms with Gasteiger partial charge in [-0.05, 0) is 62.3 Å². The average molecular weight is 423 g/mol. The largest absolute Gasteiger partial charge is 0.357 e. The fraction of sp³-hybridized carbons (Fsp3) is 0.682. The molecule has 0 aliphatic carbocycles. The quantitative estimate of drug-likeness (QED) is 0.383. The molecule has 0 aromatic heterocycles. The maximum atomic E-state index is 11.8. The molecule has 0 radical (unpaired) electrons. The normalized spacial score (nSPS) is 21.2. The molecule has 2 rings (SSSR count). The Morgan fingerprint density at radius 3 is 2.48 bits per heavy atom. The molecule has 0 spiro atoms. The van der Waals surface area contributed by atoms with Gasteiger partial charge >= 0.3 is 0 Å². The van der Waals surface area contributed by atoms with Gasteiger partial charge in [0.2, 0.25) is 0 Å². The number of likely N-dealkylation sites (tertiary alicyclic amines) is 1. The van der Waals surface area contributed by atoms with E-state index in [0.717, 1.165) is 55.0 Å². The second kappa shape index (κ2) is 11.0. The molecule has 164 valence electrons. The number of hydrogen-bond acceptors (Lipinski definition) is 4. The van der Waals surface area contributed by atoms with E-state index < -0.39 is 9.84 Å². The van der Waals surface area contributed by atoms with E-state index in [1.165, 1.54) is 25.8 Å². The van der Waals surface area contributed by atoms with Crippen molar-refractivity contribution in [2.75, 3.05) is 39.0 Å². The maximum Gasteiger partial charge on any atom is 0.191 e. The second-order valence-corrected chi connectivity index (χ2v) is 10.5. The third-order valence-electron chi connectivity index (χ3n) is 5.29. The van der Waals surface area contributed by atoms with Crippen LogP contribution in [0, 0.1) is 18.8 Å². The minimum absolute atomic E-state index is 0.386. The van der Waals surface area contributed by atoms with Crippen molar-refractivity contribution in [2.24, 2.45) is 16.8 Å². The maximum absolute atomic E-state index is 11.8. The average Bonchev–Trinajstić information content (AvgIpc) is 2.61. The van der Waals surface area contributed by atoms with Gasteiger partial charge in [-0.3, -0.25) is 0 Å². The number of nitrogens with zero attached hydrogens (tertiary/aromatic N) is 2. The third kappa shape index (κ3) is 7.97. The number of guanidine groups is 1. The Labute approximate surface area is 177 Å². The summed E-state index contributed by atoms with van der Waals surface area (Å²) < 4.78 is 23.5. The Bertz CT molecular complexity index is 782. The molecule has 7 heteroatoms. The number of sulfone groups is 1. The number of benzene rings is 1. The Morgan fingerprint density at radius 1 is 1.21 bits per heavy atom. The number of hydrogen-bond donors (Lipinski definition) is 2. The van der Waals surface area contributed by atoms with Crippen LogP contribution in [0.15, 0.2) is 28.1 Å². The van der Waals surface area contributed by atoms with Crippen molar-refractivity contribution in [3.05, 3.63) is 29.3 Å². The summed E-state index contributed by atoms with van der Waals surface area (Å²) in [6.45, 7) is 14.3. The molecule has 1 aliphatic heterocycles. The lowest BCUT2D eigenvalue weighted by Gasteiger charge is -2.35. The zero-order valence-corrected chi connectivity index (χ0v) is 19.5. The number of rotatable bonds is 8. The summed E-state index contributed by atoms with van der Waals surface area (Å²) in [4.78, 5) is 7.62. The van der Waals surface area contributed by atoms with E-state index in [9.17, 15) is 8.42 Å². The molecule has 1 aliphatic rings. The van der Waals surface area contributed by atoms with Gasteiger partial charge in [-0.25, -0.2) is 13.4 Å². The van der Waals surface area contributed by atoms with Gasteiger partial charge in [0.25, 0.3) is 0 Å². The number of nitrogens with one attached hydrogen (secondary N) is 2. The van der Waals surface area contributed by atoms with Gasteiger partial charge in [0.15, 0.2) is 15.8 Å². The van der Waals surface area contributed by atoms with Crippen LogP contribution in [-0.2, 0) is 16.4 Å². The molecule has 2 N–H and O–H groups in total. The monoisotopic (exact) mass is 422 g/mol. The highest BCUT2D eigenvalue weighted by Crippen LogP contribution is 2.20. The van der Waals surface area contributed by atoms with Gasteiger partial charge in [-0.1, -0.05) is 26.0 Å². The van der Waals surface area contributed by atoms with Crippen LogP contribution in [0.5, 0.6) is 0 Å². The first-order chi connectivity index (χ1) is 13.7. The minimum atomic E-state index is -3.19. The predicted molar refractivity (Wildman–Crippen MR) is 121 cm³/mol. The molecule has 29 heavy (non-hydrogen) atoms. The lowest BCUT2D eigenvalue weighted by atomic mass is 9.92. The zero-order valence-electron chi connectivity index (χ0n) is 18.7. The fourth-order valence-corrected chi connectivity index (χ4v) is 5.18. The molecule has 2 atom stereocenters. The van der Waals surface area contributed by atoms with E-state index in [-0.39, 0.29) is 0 Å². The highest BCUT2D eigenvalue weighted by molar-refractivity contribution is 7.90. The standard InChI is InChI=1S/C22H38N4O2S/c1-6-23-22(24-10-7-11-26-15-17(2)12-18(3)16-26)25-14-20-8-9-21(19(4)13-20)29(5,27)28/h8-9,13,17-18H,6-7,10-12,14-16H2,1-5H3,(H2,23,24,25). The van der Waals surface area contributed by atoms with Crippen LogP contribution in [0.4, 0.5) is 0 Å².